The number of carbonyl (C=O) groups excluding carboxylic acids is 1. The fourth-order valence-electron chi connectivity index (χ4n) is 2.44. The van der Waals surface area contributed by atoms with Crippen molar-refractivity contribution in [1.29, 1.82) is 0 Å². The lowest BCUT2D eigenvalue weighted by atomic mass is 9.98. The maximum absolute atomic E-state index is 14.0. The number of ether oxygens (including phenoxy) is 1. The van der Waals surface area contributed by atoms with Crippen LogP contribution in [0.4, 0.5) is 15.8 Å². The topological polar surface area (TPSA) is 81.5 Å². The van der Waals surface area contributed by atoms with Crippen molar-refractivity contribution in [3.05, 3.63) is 28.1 Å². The Balaban J connectivity index is 2.27. The summed E-state index contributed by atoms with van der Waals surface area (Å²) >= 11 is 0. The van der Waals surface area contributed by atoms with E-state index in [1.54, 1.807) is 0 Å². The average Bonchev–Trinajstić information content (AvgIpc) is 2.42. The Bertz CT molecular complexity index is 556. The molecule has 6 nitrogen and oxygen atoms in total. The van der Waals surface area contributed by atoms with Gasteiger partial charge in [0, 0.05) is 13.0 Å². The Hall–Kier alpha value is -2.18. The van der Waals surface area contributed by atoms with E-state index in [2.05, 4.69) is 5.32 Å². The van der Waals surface area contributed by atoms with Crippen molar-refractivity contribution in [3.8, 4) is 5.75 Å². The molecule has 0 bridgehead atoms. The molecule has 1 fully saturated rings. The van der Waals surface area contributed by atoms with Gasteiger partial charge in [0.15, 0.2) is 11.6 Å². The number of benzene rings is 1. The summed E-state index contributed by atoms with van der Waals surface area (Å²) in [4.78, 5) is 21.4. The van der Waals surface area contributed by atoms with Gasteiger partial charge >= 0.3 is 0 Å². The number of halogens is 1. The average molecular weight is 296 g/mol. The molecule has 0 aromatic heterocycles. The molecule has 2 rings (SSSR count). The molecular formula is C14H17FN2O4. The minimum atomic E-state index is -0.713. The quantitative estimate of drug-likeness (QED) is 0.682. The maximum atomic E-state index is 14.0. The molecule has 1 amide bonds. The molecule has 7 heteroatoms. The van der Waals surface area contributed by atoms with Crippen LogP contribution in [0.25, 0.3) is 0 Å². The number of hydrogen-bond donors (Lipinski definition) is 1. The number of carbonyl (C=O) groups is 1. The van der Waals surface area contributed by atoms with E-state index in [0.717, 1.165) is 44.2 Å². The molecule has 21 heavy (non-hydrogen) atoms. The van der Waals surface area contributed by atoms with Gasteiger partial charge in [-0.05, 0) is 25.7 Å². The van der Waals surface area contributed by atoms with Crippen LogP contribution in [-0.2, 0) is 4.79 Å². The van der Waals surface area contributed by atoms with E-state index in [0.29, 0.717) is 0 Å². The summed E-state index contributed by atoms with van der Waals surface area (Å²) in [6.07, 6.45) is 4.68. The second kappa shape index (κ2) is 6.51. The number of amides is 1. The second-order valence-corrected chi connectivity index (χ2v) is 5.12. The van der Waals surface area contributed by atoms with Crippen LogP contribution in [-0.4, -0.2) is 16.9 Å². The highest BCUT2D eigenvalue weighted by Gasteiger charge is 2.23. The van der Waals surface area contributed by atoms with Crippen molar-refractivity contribution < 1.29 is 18.8 Å². The summed E-state index contributed by atoms with van der Waals surface area (Å²) in [7, 11) is 0. The molecule has 0 atom stereocenters. The van der Waals surface area contributed by atoms with Gasteiger partial charge in [0.25, 0.3) is 5.69 Å². The van der Waals surface area contributed by atoms with Crippen molar-refractivity contribution >= 4 is 17.3 Å². The van der Waals surface area contributed by atoms with E-state index in [-0.39, 0.29) is 23.2 Å². The third-order valence-corrected chi connectivity index (χ3v) is 3.40. The number of hydrogen-bond acceptors (Lipinski definition) is 4. The third-order valence-electron chi connectivity index (χ3n) is 3.40. The lowest BCUT2D eigenvalue weighted by Gasteiger charge is -2.23. The molecule has 1 saturated carbocycles. The first-order valence-corrected chi connectivity index (χ1v) is 6.89. The smallest absolute Gasteiger partial charge is 0.296 e. The highest BCUT2D eigenvalue weighted by atomic mass is 19.1. The molecule has 1 aromatic carbocycles. The van der Waals surface area contributed by atoms with Gasteiger partial charge in [-0.2, -0.15) is 0 Å². The predicted molar refractivity (Wildman–Crippen MR) is 74.9 cm³/mol. The molecule has 0 saturated heterocycles. The van der Waals surface area contributed by atoms with Crippen LogP contribution in [0.15, 0.2) is 12.1 Å². The summed E-state index contributed by atoms with van der Waals surface area (Å²) in [6, 6.07) is 1.97. The number of nitrogens with zero attached hydrogens (tertiary/aromatic N) is 1. The van der Waals surface area contributed by atoms with Crippen LogP contribution in [0.1, 0.15) is 39.0 Å². The molecule has 1 aromatic rings. The van der Waals surface area contributed by atoms with E-state index in [4.69, 9.17) is 4.74 Å². The molecule has 114 valence electrons. The summed E-state index contributed by atoms with van der Waals surface area (Å²) in [5.41, 5.74) is -0.543. The number of nitrogens with one attached hydrogen (secondary N) is 1. The monoisotopic (exact) mass is 296 g/mol. The van der Waals surface area contributed by atoms with Crippen molar-refractivity contribution in [2.24, 2.45) is 0 Å². The molecule has 0 heterocycles. The number of nitro benzene ring substituents is 1. The molecule has 0 spiro atoms. The first-order chi connectivity index (χ1) is 9.97. The summed E-state index contributed by atoms with van der Waals surface area (Å²) in [5, 5.41) is 13.3. The fourth-order valence-corrected chi connectivity index (χ4v) is 2.44. The first kappa shape index (κ1) is 15.2. The highest BCUT2D eigenvalue weighted by molar-refractivity contribution is 5.91. The lowest BCUT2D eigenvalue weighted by molar-refractivity contribution is -0.384. The molecular weight excluding hydrogens is 279 g/mol. The van der Waals surface area contributed by atoms with E-state index in [1.165, 1.54) is 6.92 Å². The minimum absolute atomic E-state index is 0.112. The van der Waals surface area contributed by atoms with Gasteiger partial charge in [-0.1, -0.05) is 6.42 Å². The highest BCUT2D eigenvalue weighted by Crippen LogP contribution is 2.34. The summed E-state index contributed by atoms with van der Waals surface area (Å²) in [5.74, 6) is -1.35. The van der Waals surface area contributed by atoms with Gasteiger partial charge in [0.2, 0.25) is 5.91 Å². The van der Waals surface area contributed by atoms with Crippen molar-refractivity contribution in [1.82, 2.24) is 0 Å². The van der Waals surface area contributed by atoms with Gasteiger partial charge in [-0.15, -0.1) is 0 Å². The third kappa shape index (κ3) is 3.90. The number of nitro groups is 1. The minimum Gasteiger partial charge on any atom is -0.487 e. The molecule has 0 unspecified atom stereocenters. The van der Waals surface area contributed by atoms with Gasteiger partial charge in [-0.3, -0.25) is 14.9 Å². The van der Waals surface area contributed by atoms with Crippen LogP contribution in [0.5, 0.6) is 5.75 Å². The summed E-state index contributed by atoms with van der Waals surface area (Å²) in [6.45, 7) is 1.20. The van der Waals surface area contributed by atoms with Crippen LogP contribution in [0, 0.1) is 15.9 Å². The molecule has 0 radical (unpaired) electrons. The molecule has 1 aliphatic rings. The largest absolute Gasteiger partial charge is 0.487 e. The van der Waals surface area contributed by atoms with Crippen molar-refractivity contribution in [2.75, 3.05) is 5.32 Å². The Kier molecular flexibility index (Phi) is 4.72. The normalized spacial score (nSPS) is 15.5. The zero-order valence-electron chi connectivity index (χ0n) is 11.7. The van der Waals surface area contributed by atoms with Gasteiger partial charge in [0.05, 0.1) is 17.1 Å². The summed E-state index contributed by atoms with van der Waals surface area (Å²) < 4.78 is 19.5. The lowest BCUT2D eigenvalue weighted by Crippen LogP contribution is -2.20. The van der Waals surface area contributed by atoms with Crippen molar-refractivity contribution in [2.45, 2.75) is 45.1 Å². The van der Waals surface area contributed by atoms with Gasteiger partial charge in [0.1, 0.15) is 5.69 Å². The van der Waals surface area contributed by atoms with E-state index in [9.17, 15) is 19.3 Å². The van der Waals surface area contributed by atoms with Crippen LogP contribution in [0.2, 0.25) is 0 Å². The number of rotatable bonds is 4. The van der Waals surface area contributed by atoms with Crippen LogP contribution >= 0.6 is 0 Å². The molecule has 1 aliphatic carbocycles. The van der Waals surface area contributed by atoms with Gasteiger partial charge in [-0.25, -0.2) is 4.39 Å². The van der Waals surface area contributed by atoms with Crippen molar-refractivity contribution in [3.63, 3.8) is 0 Å². The molecule has 0 aliphatic heterocycles. The van der Waals surface area contributed by atoms with Crippen LogP contribution in [0.3, 0.4) is 0 Å². The van der Waals surface area contributed by atoms with Crippen LogP contribution < -0.4 is 10.1 Å². The first-order valence-electron chi connectivity index (χ1n) is 6.89. The maximum Gasteiger partial charge on any atom is 0.296 e. The molecule has 1 N–H and O–H groups in total. The predicted octanol–water partition coefficient (Wildman–Crippen LogP) is 3.40. The van der Waals surface area contributed by atoms with Gasteiger partial charge < -0.3 is 10.1 Å². The number of anilines is 1. The Morgan fingerprint density at radius 2 is 2.05 bits per heavy atom. The zero-order chi connectivity index (χ0) is 15.4. The standard InChI is InChI=1S/C14H17FN2O4/c1-9(18)16-12-7-11(15)14(8-13(12)17(19)20)21-10-5-3-2-4-6-10/h7-8,10H,2-6H2,1H3,(H,16,18). The Morgan fingerprint density at radius 3 is 2.62 bits per heavy atom. The Morgan fingerprint density at radius 1 is 1.38 bits per heavy atom. The SMILES string of the molecule is CC(=O)Nc1cc(F)c(OC2CCCCC2)cc1[N+](=O)[O-]. The van der Waals surface area contributed by atoms with E-state index >= 15 is 0 Å². The fraction of sp³-hybridized carbons (Fsp3) is 0.500. The van der Waals surface area contributed by atoms with E-state index < -0.39 is 16.6 Å². The Labute approximate surface area is 121 Å². The van der Waals surface area contributed by atoms with E-state index in [1.807, 2.05) is 0 Å². The zero-order valence-corrected chi connectivity index (χ0v) is 11.7. The second-order valence-electron chi connectivity index (χ2n) is 5.12.